The van der Waals surface area contributed by atoms with Gasteiger partial charge in [-0.15, -0.1) is 0 Å². The lowest BCUT2D eigenvalue weighted by Gasteiger charge is -2.50. The number of likely N-dealkylation sites (N-methyl/N-ethyl adjacent to an activating group) is 1. The molecule has 1 saturated carbocycles. The fraction of sp³-hybridized carbons (Fsp3) is 0.381. The lowest BCUT2D eigenvalue weighted by Crippen LogP contribution is -2.65. The van der Waals surface area contributed by atoms with Gasteiger partial charge in [0.25, 0.3) is 5.91 Å². The molecule has 0 saturated heterocycles. The number of phenols is 1. The van der Waals surface area contributed by atoms with Crippen LogP contribution >= 0.6 is 0 Å². The normalized spacial score (nSPS) is 30.3. The van der Waals surface area contributed by atoms with Crippen molar-refractivity contribution in [1.82, 2.24) is 4.90 Å². The summed E-state index contributed by atoms with van der Waals surface area (Å²) in [6.45, 7) is 0. The van der Waals surface area contributed by atoms with Gasteiger partial charge < -0.3 is 31.9 Å². The van der Waals surface area contributed by atoms with E-state index in [1.807, 2.05) is 0 Å². The zero-order valence-corrected chi connectivity index (χ0v) is 16.9. The number of amides is 1. The average Bonchev–Trinajstić information content (AvgIpc) is 2.67. The molecule has 0 aliphatic heterocycles. The van der Waals surface area contributed by atoms with E-state index in [1.165, 1.54) is 17.0 Å². The molecule has 10 nitrogen and oxygen atoms in total. The first-order chi connectivity index (χ1) is 14.4. The number of phenolic OH excluding ortho intramolecular Hbond substituents is 1. The Bertz CT molecular complexity index is 1120. The van der Waals surface area contributed by atoms with Gasteiger partial charge in [0.1, 0.15) is 22.8 Å². The van der Waals surface area contributed by atoms with Crippen LogP contribution in [0.25, 0.3) is 5.76 Å². The summed E-state index contributed by atoms with van der Waals surface area (Å²) in [5.41, 5.74) is 8.35. The molecule has 3 aliphatic carbocycles. The lowest BCUT2D eigenvalue weighted by atomic mass is 9.57. The molecule has 0 heterocycles. The fourth-order valence-corrected chi connectivity index (χ4v) is 5.27. The first kappa shape index (κ1) is 20.9. The smallest absolute Gasteiger partial charge is 0.255 e. The van der Waals surface area contributed by atoms with Gasteiger partial charge in [-0.3, -0.25) is 19.3 Å². The van der Waals surface area contributed by atoms with E-state index in [0.29, 0.717) is 11.3 Å². The molecule has 10 heteroatoms. The van der Waals surface area contributed by atoms with Gasteiger partial charge in [0, 0.05) is 17.2 Å². The SMILES string of the molecule is CN(C)[C@@H]1C(=O)C(C(N)=O)=C(O)[C@]2(O)C(=O)C3=C(O)c4c(O)ccc(N)c4C[C@@H]3C[C@H]12. The first-order valence-corrected chi connectivity index (χ1v) is 9.68. The Morgan fingerprint density at radius 2 is 1.84 bits per heavy atom. The van der Waals surface area contributed by atoms with Crippen LogP contribution in [0.3, 0.4) is 0 Å². The minimum atomic E-state index is -2.64. The Labute approximate surface area is 177 Å². The van der Waals surface area contributed by atoms with Gasteiger partial charge in [0.2, 0.25) is 5.78 Å². The van der Waals surface area contributed by atoms with Crippen LogP contribution in [-0.2, 0) is 20.8 Å². The summed E-state index contributed by atoms with van der Waals surface area (Å²) in [6.07, 6.45) is 0.204. The number of nitrogens with two attached hydrogens (primary N) is 2. The van der Waals surface area contributed by atoms with Crippen LogP contribution in [0.15, 0.2) is 29.0 Å². The standard InChI is InChI=1S/C21H23N3O7/c1-24(2)15-9-6-7-5-8-10(22)3-4-11(25)13(8)16(26)12(7)18(28)21(9,31)19(29)14(17(15)27)20(23)30/h3-4,7,9,15,25-26,29,31H,5-6,22H2,1-2H3,(H2,23,30)/t7-,9-,15+,21-/m1/s1. The number of nitrogen functional groups attached to an aromatic ring is 1. The molecule has 8 N–H and O–H groups in total. The highest BCUT2D eigenvalue weighted by Crippen LogP contribution is 2.53. The Hall–Kier alpha value is -3.37. The maximum Gasteiger partial charge on any atom is 0.255 e. The largest absolute Gasteiger partial charge is 0.508 e. The van der Waals surface area contributed by atoms with Crippen molar-refractivity contribution in [2.75, 3.05) is 19.8 Å². The van der Waals surface area contributed by atoms with Crippen LogP contribution in [0.5, 0.6) is 5.75 Å². The zero-order valence-electron chi connectivity index (χ0n) is 16.9. The summed E-state index contributed by atoms with van der Waals surface area (Å²) in [5, 5.41) is 43.3. The number of fused-ring (bicyclic) bond motifs is 3. The molecule has 0 unspecified atom stereocenters. The van der Waals surface area contributed by atoms with Gasteiger partial charge in [-0.1, -0.05) is 0 Å². The highest BCUT2D eigenvalue weighted by molar-refractivity contribution is 6.24. The van der Waals surface area contributed by atoms with Gasteiger partial charge in [0.15, 0.2) is 11.4 Å². The Morgan fingerprint density at radius 3 is 2.42 bits per heavy atom. The van der Waals surface area contributed by atoms with Crippen molar-refractivity contribution < 1.29 is 34.8 Å². The van der Waals surface area contributed by atoms with Gasteiger partial charge in [-0.05, 0) is 50.6 Å². The van der Waals surface area contributed by atoms with E-state index in [2.05, 4.69) is 0 Å². The first-order valence-electron chi connectivity index (χ1n) is 9.68. The minimum absolute atomic E-state index is 0.0173. The third-order valence-electron chi connectivity index (χ3n) is 6.64. The van der Waals surface area contributed by atoms with Gasteiger partial charge in [-0.25, -0.2) is 0 Å². The molecule has 1 fully saturated rings. The van der Waals surface area contributed by atoms with E-state index in [9.17, 15) is 34.8 Å². The molecule has 0 aromatic heterocycles. The van der Waals surface area contributed by atoms with E-state index in [0.717, 1.165) is 0 Å². The summed E-state index contributed by atoms with van der Waals surface area (Å²) >= 11 is 0. The van der Waals surface area contributed by atoms with E-state index >= 15 is 0 Å². The number of Topliss-reactive ketones (excluding diaryl/α,β-unsaturated/α-hetero) is 2. The number of carbonyl (C=O) groups is 3. The van der Waals surface area contributed by atoms with E-state index in [-0.39, 0.29) is 29.7 Å². The van der Waals surface area contributed by atoms with E-state index in [4.69, 9.17) is 11.5 Å². The number of benzene rings is 1. The molecule has 1 aromatic carbocycles. The summed E-state index contributed by atoms with van der Waals surface area (Å²) in [6, 6.07) is 1.65. The second-order valence-electron chi connectivity index (χ2n) is 8.49. The molecular weight excluding hydrogens is 406 g/mol. The Morgan fingerprint density at radius 1 is 1.19 bits per heavy atom. The molecule has 3 aliphatic rings. The van der Waals surface area contributed by atoms with Crippen LogP contribution in [0.4, 0.5) is 5.69 Å². The summed E-state index contributed by atoms with van der Waals surface area (Å²) in [5.74, 6) is -6.80. The predicted molar refractivity (Wildman–Crippen MR) is 109 cm³/mol. The number of nitrogens with zero attached hydrogens (tertiary/aromatic N) is 1. The second kappa shape index (κ2) is 6.56. The molecule has 31 heavy (non-hydrogen) atoms. The van der Waals surface area contributed by atoms with Crippen LogP contribution in [0.1, 0.15) is 17.5 Å². The van der Waals surface area contributed by atoms with Crippen LogP contribution in [0, 0.1) is 11.8 Å². The third kappa shape index (κ3) is 2.55. The number of primary amides is 1. The van der Waals surface area contributed by atoms with Crippen molar-refractivity contribution in [3.63, 3.8) is 0 Å². The number of hydrogen-bond acceptors (Lipinski definition) is 9. The van der Waals surface area contributed by atoms with Crippen molar-refractivity contribution in [2.45, 2.75) is 24.5 Å². The molecule has 164 valence electrons. The number of anilines is 1. The van der Waals surface area contributed by atoms with Crippen molar-refractivity contribution in [3.8, 4) is 5.75 Å². The highest BCUT2D eigenvalue weighted by atomic mass is 16.3. The van der Waals surface area contributed by atoms with Crippen molar-refractivity contribution >= 4 is 28.9 Å². The Balaban J connectivity index is 1.99. The topological polar surface area (TPSA) is 187 Å². The van der Waals surface area contributed by atoms with Crippen LogP contribution < -0.4 is 11.5 Å². The molecule has 0 spiro atoms. The van der Waals surface area contributed by atoms with Gasteiger partial charge >= 0.3 is 0 Å². The molecule has 4 atom stereocenters. The number of rotatable bonds is 2. The van der Waals surface area contributed by atoms with Crippen LogP contribution in [0.2, 0.25) is 0 Å². The summed E-state index contributed by atoms with van der Waals surface area (Å²) in [7, 11) is 3.09. The molecule has 1 amide bonds. The number of aliphatic hydroxyl groups excluding tert-OH is 2. The lowest BCUT2D eigenvalue weighted by molar-refractivity contribution is -0.153. The summed E-state index contributed by atoms with van der Waals surface area (Å²) in [4.78, 5) is 39.8. The van der Waals surface area contributed by atoms with Gasteiger partial charge in [-0.2, -0.15) is 0 Å². The fourth-order valence-electron chi connectivity index (χ4n) is 5.27. The average molecular weight is 429 g/mol. The number of aliphatic hydroxyl groups is 3. The third-order valence-corrected chi connectivity index (χ3v) is 6.64. The van der Waals surface area contributed by atoms with E-state index in [1.54, 1.807) is 14.1 Å². The molecule has 0 radical (unpaired) electrons. The van der Waals surface area contributed by atoms with Crippen molar-refractivity contribution in [1.29, 1.82) is 0 Å². The number of carbonyl (C=O) groups excluding carboxylic acids is 3. The molecule has 0 bridgehead atoms. The molecule has 1 aromatic rings. The summed E-state index contributed by atoms with van der Waals surface area (Å²) < 4.78 is 0. The maximum absolute atomic E-state index is 13.5. The zero-order chi connectivity index (χ0) is 23.0. The van der Waals surface area contributed by atoms with Gasteiger partial charge in [0.05, 0.1) is 11.6 Å². The monoisotopic (exact) mass is 429 g/mol. The number of hydrogen-bond donors (Lipinski definition) is 6. The number of ketones is 2. The number of aromatic hydroxyl groups is 1. The Kier molecular flexibility index (Phi) is 4.42. The minimum Gasteiger partial charge on any atom is -0.508 e. The molecule has 4 rings (SSSR count). The van der Waals surface area contributed by atoms with Crippen LogP contribution in [-0.4, -0.2) is 68.5 Å². The molecular formula is C21H23N3O7. The quantitative estimate of drug-likeness (QED) is 0.205. The van der Waals surface area contributed by atoms with E-state index < -0.39 is 58.0 Å². The maximum atomic E-state index is 13.5. The van der Waals surface area contributed by atoms with Crippen molar-refractivity contribution in [2.24, 2.45) is 17.6 Å². The second-order valence-corrected chi connectivity index (χ2v) is 8.49. The highest BCUT2D eigenvalue weighted by Gasteiger charge is 2.64. The predicted octanol–water partition coefficient (Wildman–Crippen LogP) is -0.454. The van der Waals surface area contributed by atoms with Crippen molar-refractivity contribution in [3.05, 3.63) is 40.2 Å².